The third-order valence-corrected chi connectivity index (χ3v) is 5.36. The molecular weight excluding hydrogens is 420 g/mol. The molecule has 10 heteroatoms. The van der Waals surface area contributed by atoms with Crippen LogP contribution in [0.5, 0.6) is 0 Å². The van der Waals surface area contributed by atoms with Crippen molar-refractivity contribution in [3.8, 4) is 0 Å². The predicted octanol–water partition coefficient (Wildman–Crippen LogP) is 5.28. The minimum Gasteiger partial charge on any atom is -0.367 e. The quantitative estimate of drug-likeness (QED) is 0.220. The van der Waals surface area contributed by atoms with E-state index in [1.54, 1.807) is 24.3 Å². The van der Waals surface area contributed by atoms with Gasteiger partial charge in [-0.3, -0.25) is 14.7 Å². The molecule has 0 aromatic heterocycles. The lowest BCUT2D eigenvalue weighted by molar-refractivity contribution is -0.384. The zero-order valence-electron chi connectivity index (χ0n) is 16.6. The summed E-state index contributed by atoms with van der Waals surface area (Å²) in [5.74, 6) is 0. The second-order valence-electron chi connectivity index (χ2n) is 6.63. The Morgan fingerprint density at radius 2 is 1.55 bits per heavy atom. The summed E-state index contributed by atoms with van der Waals surface area (Å²) in [6, 6.07) is 19.3. The van der Waals surface area contributed by atoms with Gasteiger partial charge in [-0.2, -0.15) is 18.6 Å². The van der Waals surface area contributed by atoms with Crippen LogP contribution in [0, 0.1) is 10.1 Å². The molecule has 0 bridgehead atoms. The molecule has 0 spiro atoms. The zero-order chi connectivity index (χ0) is 22.4. The van der Waals surface area contributed by atoms with Gasteiger partial charge in [0.15, 0.2) is 0 Å². The highest BCUT2D eigenvalue weighted by Crippen LogP contribution is 2.25. The number of non-ortho nitro benzene ring substituents is 1. The number of azo groups is 1. The van der Waals surface area contributed by atoms with Crippen LogP contribution in [0.25, 0.3) is 0 Å². The molecule has 0 aliphatic carbocycles. The molecule has 0 saturated heterocycles. The van der Waals surface area contributed by atoms with Gasteiger partial charge in [0.2, 0.25) is 0 Å². The summed E-state index contributed by atoms with van der Waals surface area (Å²) in [5, 5.41) is 18.9. The van der Waals surface area contributed by atoms with Gasteiger partial charge in [-0.25, -0.2) is 0 Å². The standard InChI is InChI=1S/C21H20N4O5S/c1-2-24(15-16-4-3-5-21(14-16)31(28,29)30)19-10-6-17(7-11-19)22-23-18-8-12-20(13-9-18)25(26)27/h3-14H,2,15H2,1H3,(H,28,29,30). The Labute approximate surface area is 179 Å². The van der Waals surface area contributed by atoms with E-state index >= 15 is 0 Å². The highest BCUT2D eigenvalue weighted by molar-refractivity contribution is 7.85. The van der Waals surface area contributed by atoms with Crippen molar-refractivity contribution in [1.29, 1.82) is 0 Å². The number of nitro benzene ring substituents is 1. The molecule has 0 atom stereocenters. The fourth-order valence-corrected chi connectivity index (χ4v) is 3.45. The Hall–Kier alpha value is -3.63. The first kappa shape index (κ1) is 22.1. The average molecular weight is 440 g/mol. The molecule has 3 aromatic carbocycles. The smallest absolute Gasteiger partial charge is 0.294 e. The molecule has 31 heavy (non-hydrogen) atoms. The van der Waals surface area contributed by atoms with Crippen molar-refractivity contribution in [3.05, 3.63) is 88.5 Å². The number of nitro groups is 1. The van der Waals surface area contributed by atoms with Crippen LogP contribution in [-0.4, -0.2) is 24.4 Å². The molecular formula is C21H20N4O5S. The fourth-order valence-electron chi connectivity index (χ4n) is 2.90. The van der Waals surface area contributed by atoms with Gasteiger partial charge in [0.1, 0.15) is 0 Å². The fraction of sp³-hybridized carbons (Fsp3) is 0.143. The lowest BCUT2D eigenvalue weighted by Crippen LogP contribution is -2.22. The van der Waals surface area contributed by atoms with Gasteiger partial charge in [-0.05, 0) is 61.0 Å². The van der Waals surface area contributed by atoms with Crippen molar-refractivity contribution < 1.29 is 17.9 Å². The second-order valence-corrected chi connectivity index (χ2v) is 8.05. The number of hydrogen-bond acceptors (Lipinski definition) is 7. The van der Waals surface area contributed by atoms with Gasteiger partial charge in [-0.1, -0.05) is 12.1 Å². The number of hydrogen-bond donors (Lipinski definition) is 1. The summed E-state index contributed by atoms with van der Waals surface area (Å²) >= 11 is 0. The Bertz CT molecular complexity index is 1190. The van der Waals surface area contributed by atoms with Crippen molar-refractivity contribution in [3.63, 3.8) is 0 Å². The zero-order valence-corrected chi connectivity index (χ0v) is 17.4. The molecule has 0 saturated carbocycles. The minimum absolute atomic E-state index is 0.00918. The summed E-state index contributed by atoms with van der Waals surface area (Å²) in [6.07, 6.45) is 0. The van der Waals surface area contributed by atoms with E-state index in [9.17, 15) is 23.1 Å². The van der Waals surface area contributed by atoms with Crippen molar-refractivity contribution in [2.75, 3.05) is 11.4 Å². The third kappa shape index (κ3) is 5.93. The molecule has 0 amide bonds. The van der Waals surface area contributed by atoms with Gasteiger partial charge in [0.05, 0.1) is 21.2 Å². The van der Waals surface area contributed by atoms with Gasteiger partial charge >= 0.3 is 0 Å². The van der Waals surface area contributed by atoms with Crippen LogP contribution in [-0.2, 0) is 16.7 Å². The van der Waals surface area contributed by atoms with Crippen LogP contribution >= 0.6 is 0 Å². The highest BCUT2D eigenvalue weighted by Gasteiger charge is 2.12. The number of nitrogens with zero attached hydrogens (tertiary/aromatic N) is 4. The molecule has 0 radical (unpaired) electrons. The van der Waals surface area contributed by atoms with Crippen LogP contribution in [0.15, 0.2) is 87.9 Å². The maximum Gasteiger partial charge on any atom is 0.294 e. The SMILES string of the molecule is CCN(Cc1cccc(S(=O)(=O)O)c1)c1ccc(N=Nc2ccc([N+](=O)[O-])cc2)cc1. The van der Waals surface area contributed by atoms with Gasteiger partial charge < -0.3 is 4.90 Å². The van der Waals surface area contributed by atoms with Gasteiger partial charge in [0.25, 0.3) is 15.8 Å². The maximum absolute atomic E-state index is 11.4. The molecule has 3 aromatic rings. The molecule has 1 N–H and O–H groups in total. The van der Waals surface area contributed by atoms with E-state index < -0.39 is 15.0 Å². The first-order chi connectivity index (χ1) is 14.8. The molecule has 0 unspecified atom stereocenters. The lowest BCUT2D eigenvalue weighted by atomic mass is 10.2. The summed E-state index contributed by atoms with van der Waals surface area (Å²) in [6.45, 7) is 3.12. The summed E-state index contributed by atoms with van der Waals surface area (Å²) < 4.78 is 31.9. The van der Waals surface area contributed by atoms with Crippen molar-refractivity contribution in [1.82, 2.24) is 0 Å². The molecule has 0 aliphatic rings. The topological polar surface area (TPSA) is 125 Å². The first-order valence-corrected chi connectivity index (χ1v) is 10.8. The molecule has 9 nitrogen and oxygen atoms in total. The van der Waals surface area contributed by atoms with Crippen molar-refractivity contribution in [2.24, 2.45) is 10.2 Å². The lowest BCUT2D eigenvalue weighted by Gasteiger charge is -2.23. The van der Waals surface area contributed by atoms with Crippen LogP contribution in [0.2, 0.25) is 0 Å². The number of benzene rings is 3. The van der Waals surface area contributed by atoms with E-state index in [2.05, 4.69) is 10.2 Å². The van der Waals surface area contributed by atoms with Crippen LogP contribution in [0.3, 0.4) is 0 Å². The molecule has 0 fully saturated rings. The van der Waals surface area contributed by atoms with E-state index in [0.29, 0.717) is 24.5 Å². The molecule has 160 valence electrons. The van der Waals surface area contributed by atoms with Crippen molar-refractivity contribution in [2.45, 2.75) is 18.4 Å². The minimum atomic E-state index is -4.25. The predicted molar refractivity (Wildman–Crippen MR) is 117 cm³/mol. The van der Waals surface area contributed by atoms with Crippen LogP contribution in [0.1, 0.15) is 12.5 Å². The summed E-state index contributed by atoms with van der Waals surface area (Å²) in [7, 11) is -4.25. The Balaban J connectivity index is 1.71. The van der Waals surface area contributed by atoms with Crippen molar-refractivity contribution >= 4 is 32.9 Å². The summed E-state index contributed by atoms with van der Waals surface area (Å²) in [5.41, 5.74) is 2.77. The van der Waals surface area contributed by atoms with Gasteiger partial charge in [-0.15, -0.1) is 0 Å². The highest BCUT2D eigenvalue weighted by atomic mass is 32.2. The van der Waals surface area contributed by atoms with E-state index in [4.69, 9.17) is 0 Å². The van der Waals surface area contributed by atoms with E-state index in [1.807, 2.05) is 24.0 Å². The Morgan fingerprint density at radius 1 is 0.968 bits per heavy atom. The normalized spacial score (nSPS) is 11.5. The Kier molecular flexibility index (Phi) is 6.73. The average Bonchev–Trinajstić information content (AvgIpc) is 2.76. The molecule has 3 rings (SSSR count). The van der Waals surface area contributed by atoms with E-state index in [-0.39, 0.29) is 10.6 Å². The van der Waals surface area contributed by atoms with Crippen LogP contribution in [0.4, 0.5) is 22.7 Å². The number of rotatable bonds is 8. The molecule has 0 heterocycles. The van der Waals surface area contributed by atoms with Crippen LogP contribution < -0.4 is 4.90 Å². The molecule has 0 aliphatic heterocycles. The maximum atomic E-state index is 11.4. The van der Waals surface area contributed by atoms with Gasteiger partial charge in [0, 0.05) is 30.9 Å². The largest absolute Gasteiger partial charge is 0.367 e. The summed E-state index contributed by atoms with van der Waals surface area (Å²) in [4.78, 5) is 12.1. The monoisotopic (exact) mass is 440 g/mol. The van der Waals surface area contributed by atoms with E-state index in [0.717, 1.165) is 11.3 Å². The second kappa shape index (κ2) is 9.45. The first-order valence-electron chi connectivity index (χ1n) is 9.34. The number of anilines is 1. The van der Waals surface area contributed by atoms with E-state index in [1.165, 1.54) is 36.4 Å². The Morgan fingerprint density at radius 3 is 2.06 bits per heavy atom. The third-order valence-electron chi connectivity index (χ3n) is 4.51.